The maximum Gasteiger partial charge on any atom is 0.120 e. The summed E-state index contributed by atoms with van der Waals surface area (Å²) < 4.78 is 12.1. The van der Waals surface area contributed by atoms with Gasteiger partial charge in [-0.25, -0.2) is 0 Å². The normalized spacial score (nSPS) is 11.0. The highest BCUT2D eigenvalue weighted by atomic mass is 79.9. The number of alkyl halides is 1. The highest BCUT2D eigenvalue weighted by molar-refractivity contribution is 9.09. The standard InChI is InChI=1S/C26H25BrO2S/c1-28-21-11-9-19(10-12-21)26-25(23-14-13-22(29-2)17-24(23)30-26)20-8-5-7-18(16-20)6-3-4-15-27/h5,7-14,16-17H,3-4,6,15H2,1-2H3. The number of halogens is 1. The molecule has 0 radical (unpaired) electrons. The van der Waals surface area contributed by atoms with Crippen LogP contribution in [0, 0.1) is 0 Å². The first-order valence-electron chi connectivity index (χ1n) is 10.1. The van der Waals surface area contributed by atoms with Crippen LogP contribution in [-0.2, 0) is 6.42 Å². The van der Waals surface area contributed by atoms with Crippen LogP contribution in [0.25, 0.3) is 31.7 Å². The van der Waals surface area contributed by atoms with E-state index in [1.165, 1.54) is 50.1 Å². The van der Waals surface area contributed by atoms with E-state index in [0.29, 0.717) is 0 Å². The molecular weight excluding hydrogens is 456 g/mol. The average molecular weight is 481 g/mol. The molecule has 0 aliphatic rings. The first-order valence-corrected chi connectivity index (χ1v) is 12.1. The molecule has 30 heavy (non-hydrogen) atoms. The monoisotopic (exact) mass is 480 g/mol. The number of benzene rings is 3. The molecule has 0 spiro atoms. The van der Waals surface area contributed by atoms with Crippen LogP contribution < -0.4 is 9.47 Å². The first kappa shape index (κ1) is 21.0. The van der Waals surface area contributed by atoms with Gasteiger partial charge >= 0.3 is 0 Å². The lowest BCUT2D eigenvalue weighted by Gasteiger charge is -2.09. The van der Waals surface area contributed by atoms with Crippen molar-refractivity contribution in [2.24, 2.45) is 0 Å². The largest absolute Gasteiger partial charge is 0.497 e. The van der Waals surface area contributed by atoms with Gasteiger partial charge in [0.2, 0.25) is 0 Å². The molecule has 0 aliphatic heterocycles. The van der Waals surface area contributed by atoms with Crippen LogP contribution in [-0.4, -0.2) is 19.5 Å². The molecule has 154 valence electrons. The maximum absolute atomic E-state index is 5.47. The van der Waals surface area contributed by atoms with Crippen molar-refractivity contribution in [1.82, 2.24) is 0 Å². The predicted octanol–water partition coefficient (Wildman–Crippen LogP) is 7.97. The van der Waals surface area contributed by atoms with Crippen molar-refractivity contribution in [1.29, 1.82) is 0 Å². The Morgan fingerprint density at radius 2 is 1.57 bits per heavy atom. The molecule has 0 saturated carbocycles. The van der Waals surface area contributed by atoms with E-state index in [-0.39, 0.29) is 0 Å². The number of rotatable bonds is 8. The van der Waals surface area contributed by atoms with Crippen LogP contribution in [0.3, 0.4) is 0 Å². The Morgan fingerprint density at radius 1 is 0.800 bits per heavy atom. The number of ether oxygens (including phenoxy) is 2. The Morgan fingerprint density at radius 3 is 2.30 bits per heavy atom. The summed E-state index contributed by atoms with van der Waals surface area (Å²) >= 11 is 5.35. The van der Waals surface area contributed by atoms with E-state index in [1.807, 2.05) is 23.5 Å². The Kier molecular flexibility index (Phi) is 6.76. The summed E-state index contributed by atoms with van der Waals surface area (Å²) in [5.74, 6) is 1.76. The predicted molar refractivity (Wildman–Crippen MR) is 133 cm³/mol. The van der Waals surface area contributed by atoms with Crippen molar-refractivity contribution in [3.05, 3.63) is 72.3 Å². The van der Waals surface area contributed by atoms with Crippen molar-refractivity contribution >= 4 is 37.4 Å². The number of fused-ring (bicyclic) bond motifs is 1. The second-order valence-corrected chi connectivity index (χ2v) is 9.09. The van der Waals surface area contributed by atoms with Crippen LogP contribution in [0.4, 0.5) is 0 Å². The number of thiophene rings is 1. The van der Waals surface area contributed by atoms with Gasteiger partial charge in [-0.15, -0.1) is 11.3 Å². The Labute approximate surface area is 190 Å². The molecule has 4 aromatic rings. The molecule has 0 saturated heterocycles. The molecular formula is C26H25BrO2S. The number of hydrogen-bond donors (Lipinski definition) is 0. The van der Waals surface area contributed by atoms with E-state index in [1.54, 1.807) is 14.2 Å². The fraction of sp³-hybridized carbons (Fsp3) is 0.231. The van der Waals surface area contributed by atoms with Gasteiger partial charge in [0, 0.05) is 25.9 Å². The Balaban J connectivity index is 1.85. The number of aryl methyl sites for hydroxylation is 1. The van der Waals surface area contributed by atoms with Gasteiger partial charge in [0.15, 0.2) is 0 Å². The smallest absolute Gasteiger partial charge is 0.120 e. The lowest BCUT2D eigenvalue weighted by molar-refractivity contribution is 0.415. The van der Waals surface area contributed by atoms with E-state index < -0.39 is 0 Å². The zero-order chi connectivity index (χ0) is 20.9. The van der Waals surface area contributed by atoms with Crippen molar-refractivity contribution in [2.75, 3.05) is 19.5 Å². The van der Waals surface area contributed by atoms with E-state index in [2.05, 4.69) is 70.5 Å². The Hall–Kier alpha value is -2.30. The van der Waals surface area contributed by atoms with E-state index >= 15 is 0 Å². The molecule has 2 nitrogen and oxygen atoms in total. The van der Waals surface area contributed by atoms with Gasteiger partial charge in [-0.3, -0.25) is 0 Å². The van der Waals surface area contributed by atoms with E-state index in [0.717, 1.165) is 23.2 Å². The topological polar surface area (TPSA) is 18.5 Å². The minimum Gasteiger partial charge on any atom is -0.497 e. The van der Waals surface area contributed by atoms with Gasteiger partial charge in [0.1, 0.15) is 11.5 Å². The van der Waals surface area contributed by atoms with Gasteiger partial charge in [0.25, 0.3) is 0 Å². The minimum absolute atomic E-state index is 0.872. The fourth-order valence-electron chi connectivity index (χ4n) is 3.74. The molecule has 0 aliphatic carbocycles. The number of methoxy groups -OCH3 is 2. The van der Waals surface area contributed by atoms with Crippen LogP contribution in [0.5, 0.6) is 11.5 Å². The van der Waals surface area contributed by atoms with E-state index in [4.69, 9.17) is 9.47 Å². The second-order valence-electron chi connectivity index (χ2n) is 7.24. The van der Waals surface area contributed by atoms with Gasteiger partial charge in [-0.1, -0.05) is 40.2 Å². The summed E-state index contributed by atoms with van der Waals surface area (Å²) in [6, 6.07) is 23.7. The molecule has 4 heteroatoms. The molecule has 0 atom stereocenters. The fourth-order valence-corrected chi connectivity index (χ4v) is 5.40. The number of hydrogen-bond acceptors (Lipinski definition) is 3. The third kappa shape index (κ3) is 4.40. The Bertz CT molecular complexity index is 1130. The molecule has 0 fully saturated rings. The summed E-state index contributed by atoms with van der Waals surface area (Å²) in [6.45, 7) is 0. The molecule has 0 unspecified atom stereocenters. The minimum atomic E-state index is 0.872. The van der Waals surface area contributed by atoms with Gasteiger partial charge in [-0.2, -0.15) is 0 Å². The zero-order valence-corrected chi connectivity index (χ0v) is 19.7. The highest BCUT2D eigenvalue weighted by Crippen LogP contribution is 2.46. The summed E-state index contributed by atoms with van der Waals surface area (Å²) in [5.41, 5.74) is 5.16. The first-order chi connectivity index (χ1) is 14.7. The maximum atomic E-state index is 5.47. The molecule has 0 N–H and O–H groups in total. The summed E-state index contributed by atoms with van der Waals surface area (Å²) in [6.07, 6.45) is 3.50. The van der Waals surface area contributed by atoms with Gasteiger partial charge < -0.3 is 9.47 Å². The third-order valence-corrected chi connectivity index (χ3v) is 7.08. The van der Waals surface area contributed by atoms with Crippen molar-refractivity contribution < 1.29 is 9.47 Å². The van der Waals surface area contributed by atoms with Crippen LogP contribution in [0.1, 0.15) is 18.4 Å². The zero-order valence-electron chi connectivity index (χ0n) is 17.3. The third-order valence-electron chi connectivity index (χ3n) is 5.31. The van der Waals surface area contributed by atoms with Crippen molar-refractivity contribution in [2.45, 2.75) is 19.3 Å². The van der Waals surface area contributed by atoms with Crippen molar-refractivity contribution in [3.8, 4) is 33.1 Å². The molecule has 4 rings (SSSR count). The van der Waals surface area contributed by atoms with Crippen LogP contribution in [0.2, 0.25) is 0 Å². The molecule has 3 aromatic carbocycles. The molecule has 1 heterocycles. The summed E-state index contributed by atoms with van der Waals surface area (Å²) in [4.78, 5) is 1.28. The summed E-state index contributed by atoms with van der Waals surface area (Å²) in [5, 5.41) is 2.33. The van der Waals surface area contributed by atoms with Crippen LogP contribution in [0.15, 0.2) is 66.7 Å². The SMILES string of the molecule is COc1ccc(-c2sc3cc(OC)ccc3c2-c2cccc(CCCCBr)c2)cc1. The van der Waals surface area contributed by atoms with Gasteiger partial charge in [0.05, 0.1) is 14.2 Å². The molecule has 0 amide bonds. The average Bonchev–Trinajstić information content (AvgIpc) is 3.18. The molecule has 1 aromatic heterocycles. The second kappa shape index (κ2) is 9.67. The number of unbranched alkanes of at least 4 members (excludes halogenated alkanes) is 1. The lowest BCUT2D eigenvalue weighted by atomic mass is 9.96. The highest BCUT2D eigenvalue weighted by Gasteiger charge is 2.17. The van der Waals surface area contributed by atoms with E-state index in [9.17, 15) is 0 Å². The van der Waals surface area contributed by atoms with Crippen molar-refractivity contribution in [3.63, 3.8) is 0 Å². The lowest BCUT2D eigenvalue weighted by Crippen LogP contribution is -1.88. The quantitative estimate of drug-likeness (QED) is 0.188. The summed E-state index contributed by atoms with van der Waals surface area (Å²) in [7, 11) is 3.42. The molecule has 0 bridgehead atoms. The van der Waals surface area contributed by atoms with Gasteiger partial charge in [-0.05, 0) is 78.4 Å². The van der Waals surface area contributed by atoms with Crippen LogP contribution >= 0.6 is 27.3 Å².